The predicted molar refractivity (Wildman–Crippen MR) is 105 cm³/mol. The number of para-hydroxylation sites is 1. The van der Waals surface area contributed by atoms with E-state index in [-0.39, 0.29) is 5.91 Å². The lowest BCUT2D eigenvalue weighted by Gasteiger charge is -2.09. The van der Waals surface area contributed by atoms with Gasteiger partial charge in [-0.25, -0.2) is 15.8 Å². The summed E-state index contributed by atoms with van der Waals surface area (Å²) in [5, 5.41) is 0.850. The minimum Gasteiger partial charge on any atom is -0.491 e. The molecule has 0 saturated carbocycles. The molecule has 0 spiro atoms. The third-order valence-corrected chi connectivity index (χ3v) is 4.40. The van der Waals surface area contributed by atoms with E-state index in [9.17, 15) is 4.79 Å². The van der Waals surface area contributed by atoms with Gasteiger partial charge in [0, 0.05) is 18.6 Å². The number of hydrazine groups is 1. The van der Waals surface area contributed by atoms with Crippen molar-refractivity contribution in [2.45, 2.75) is 0 Å². The number of nitrogens with zero attached hydrogens (tertiary/aromatic N) is 3. The number of nitrogen functional groups attached to an aromatic ring is 1. The van der Waals surface area contributed by atoms with Crippen molar-refractivity contribution in [3.63, 3.8) is 0 Å². The van der Waals surface area contributed by atoms with Gasteiger partial charge in [-0.05, 0) is 30.3 Å². The first-order valence-electron chi connectivity index (χ1n) is 8.71. The fourth-order valence-electron chi connectivity index (χ4n) is 3.04. The van der Waals surface area contributed by atoms with Crippen LogP contribution in [0.25, 0.3) is 27.8 Å². The van der Waals surface area contributed by atoms with Gasteiger partial charge >= 0.3 is 0 Å². The van der Waals surface area contributed by atoms with Crippen LogP contribution in [-0.4, -0.2) is 40.8 Å². The van der Waals surface area contributed by atoms with Gasteiger partial charge < -0.3 is 9.47 Å². The number of hydrogen-bond acceptors (Lipinski definition) is 6. The molecule has 0 unspecified atom stereocenters. The number of carbonyl (C=O) groups excluding carboxylic acids is 1. The molecule has 0 aliphatic rings. The van der Waals surface area contributed by atoms with E-state index in [2.05, 4.69) is 15.4 Å². The van der Waals surface area contributed by atoms with E-state index in [4.69, 9.17) is 15.3 Å². The van der Waals surface area contributed by atoms with Crippen LogP contribution in [0, 0.1) is 0 Å². The van der Waals surface area contributed by atoms with Gasteiger partial charge in [-0.15, -0.1) is 0 Å². The molecule has 2 aromatic heterocycles. The summed E-state index contributed by atoms with van der Waals surface area (Å²) in [6.45, 7) is 0.993. The van der Waals surface area contributed by atoms with E-state index in [1.807, 2.05) is 41.0 Å². The highest BCUT2D eigenvalue weighted by Crippen LogP contribution is 2.24. The summed E-state index contributed by atoms with van der Waals surface area (Å²) < 4.78 is 12.5. The summed E-state index contributed by atoms with van der Waals surface area (Å²) in [4.78, 5) is 21.2. The van der Waals surface area contributed by atoms with Crippen molar-refractivity contribution in [3.05, 3.63) is 60.4 Å². The Kier molecular flexibility index (Phi) is 4.88. The Labute approximate surface area is 160 Å². The molecule has 8 nitrogen and oxygen atoms in total. The molecule has 4 aromatic rings. The van der Waals surface area contributed by atoms with Crippen LogP contribution in [0.15, 0.2) is 54.9 Å². The number of amides is 1. The van der Waals surface area contributed by atoms with Crippen molar-refractivity contribution in [2.24, 2.45) is 5.84 Å². The van der Waals surface area contributed by atoms with Crippen molar-refractivity contribution in [1.82, 2.24) is 20.0 Å². The van der Waals surface area contributed by atoms with Crippen LogP contribution in [0.2, 0.25) is 0 Å². The second kappa shape index (κ2) is 7.63. The van der Waals surface area contributed by atoms with Crippen LogP contribution in [-0.2, 0) is 4.74 Å². The minimum atomic E-state index is -0.386. The number of rotatable bonds is 6. The van der Waals surface area contributed by atoms with Gasteiger partial charge in [-0.2, -0.15) is 0 Å². The highest BCUT2D eigenvalue weighted by atomic mass is 16.5. The largest absolute Gasteiger partial charge is 0.491 e. The number of methoxy groups -OCH3 is 1. The molecule has 28 heavy (non-hydrogen) atoms. The van der Waals surface area contributed by atoms with E-state index in [0.717, 1.165) is 22.2 Å². The number of fused-ring (bicyclic) bond motifs is 2. The summed E-state index contributed by atoms with van der Waals surface area (Å²) in [6, 6.07) is 14.9. The van der Waals surface area contributed by atoms with Gasteiger partial charge in [0.15, 0.2) is 0 Å². The number of pyridine rings is 1. The lowest BCUT2D eigenvalue weighted by Crippen LogP contribution is -2.30. The lowest BCUT2D eigenvalue weighted by atomic mass is 10.1. The molecular weight excluding hydrogens is 358 g/mol. The Hall–Kier alpha value is -3.49. The molecule has 142 valence electrons. The zero-order chi connectivity index (χ0) is 19.5. The quantitative estimate of drug-likeness (QED) is 0.231. The normalized spacial score (nSPS) is 11.1. The Morgan fingerprint density at radius 2 is 2.07 bits per heavy atom. The van der Waals surface area contributed by atoms with Gasteiger partial charge in [0.1, 0.15) is 24.5 Å². The van der Waals surface area contributed by atoms with Crippen LogP contribution in [0.4, 0.5) is 0 Å². The summed E-state index contributed by atoms with van der Waals surface area (Å²) >= 11 is 0. The molecule has 0 saturated heterocycles. The number of benzene rings is 2. The summed E-state index contributed by atoms with van der Waals surface area (Å²) in [7, 11) is 1.63. The minimum absolute atomic E-state index is 0.386. The zero-order valence-corrected chi connectivity index (χ0v) is 15.3. The van der Waals surface area contributed by atoms with Gasteiger partial charge in [0.05, 0.1) is 28.7 Å². The number of ether oxygens (including phenoxy) is 2. The second-order valence-corrected chi connectivity index (χ2v) is 6.13. The van der Waals surface area contributed by atoms with Crippen LogP contribution in [0.3, 0.4) is 0 Å². The van der Waals surface area contributed by atoms with Crippen molar-refractivity contribution in [3.8, 4) is 11.6 Å². The van der Waals surface area contributed by atoms with Crippen molar-refractivity contribution in [2.75, 3.05) is 20.3 Å². The number of nitrogens with two attached hydrogens (primary N) is 1. The van der Waals surface area contributed by atoms with Gasteiger partial charge in [-0.3, -0.25) is 14.8 Å². The zero-order valence-electron chi connectivity index (χ0n) is 15.3. The molecule has 3 N–H and O–H groups in total. The van der Waals surface area contributed by atoms with E-state index in [1.165, 1.54) is 0 Å². The van der Waals surface area contributed by atoms with E-state index in [0.29, 0.717) is 30.1 Å². The smallest absolute Gasteiger partial charge is 0.267 e. The molecule has 2 aromatic carbocycles. The predicted octanol–water partition coefficient (Wildman–Crippen LogP) is 2.20. The second-order valence-electron chi connectivity index (χ2n) is 6.13. The molecule has 0 aliphatic heterocycles. The van der Waals surface area contributed by atoms with E-state index in [1.54, 1.807) is 25.6 Å². The maximum Gasteiger partial charge on any atom is 0.267 e. The molecule has 2 heterocycles. The van der Waals surface area contributed by atoms with Crippen LogP contribution < -0.4 is 16.0 Å². The molecule has 0 radical (unpaired) electrons. The number of carbonyl (C=O) groups is 1. The molecule has 0 bridgehead atoms. The van der Waals surface area contributed by atoms with Crippen molar-refractivity contribution in [1.29, 1.82) is 0 Å². The maximum absolute atomic E-state index is 12.1. The third kappa shape index (κ3) is 3.26. The fourth-order valence-corrected chi connectivity index (χ4v) is 3.04. The highest BCUT2D eigenvalue weighted by molar-refractivity contribution is 6.05. The third-order valence-electron chi connectivity index (χ3n) is 4.40. The molecular formula is C20H19N5O3. The molecule has 0 atom stereocenters. The molecule has 0 fully saturated rings. The summed E-state index contributed by atoms with van der Waals surface area (Å²) in [5.41, 5.74) is 4.82. The topological polar surface area (TPSA) is 104 Å². The van der Waals surface area contributed by atoms with Crippen LogP contribution in [0.5, 0.6) is 5.75 Å². The maximum atomic E-state index is 12.1. The molecule has 4 rings (SSSR count). The molecule has 0 aliphatic carbocycles. The first-order chi connectivity index (χ1) is 13.7. The standard InChI is InChI=1S/C20H19N5O3/c1-27-9-10-28-14-6-7-17-16(11-14)22-12-25(17)18-8-5-13-3-2-4-15(19(13)23-18)20(26)24-21/h2-8,11-12H,9-10,21H2,1H3,(H,24,26). The first-order valence-corrected chi connectivity index (χ1v) is 8.71. The Morgan fingerprint density at radius 3 is 2.89 bits per heavy atom. The van der Waals surface area contributed by atoms with Gasteiger partial charge in [0.2, 0.25) is 0 Å². The Morgan fingerprint density at radius 1 is 1.18 bits per heavy atom. The van der Waals surface area contributed by atoms with Crippen LogP contribution >= 0.6 is 0 Å². The van der Waals surface area contributed by atoms with E-state index < -0.39 is 0 Å². The monoisotopic (exact) mass is 377 g/mol. The average Bonchev–Trinajstić information content (AvgIpc) is 3.16. The number of nitrogens with one attached hydrogen (secondary N) is 1. The Bertz CT molecular complexity index is 1160. The van der Waals surface area contributed by atoms with Gasteiger partial charge in [-0.1, -0.05) is 12.1 Å². The number of hydrogen-bond donors (Lipinski definition) is 2. The number of imidazole rings is 1. The lowest BCUT2D eigenvalue weighted by molar-refractivity contribution is 0.0955. The van der Waals surface area contributed by atoms with Crippen molar-refractivity contribution < 1.29 is 14.3 Å². The van der Waals surface area contributed by atoms with Crippen molar-refractivity contribution >= 4 is 27.8 Å². The van der Waals surface area contributed by atoms with Crippen LogP contribution in [0.1, 0.15) is 10.4 Å². The first kappa shape index (κ1) is 17.9. The average molecular weight is 377 g/mol. The fraction of sp³-hybridized carbons (Fsp3) is 0.150. The summed E-state index contributed by atoms with van der Waals surface area (Å²) in [5.74, 6) is 6.29. The number of aromatic nitrogens is 3. The Balaban J connectivity index is 1.75. The molecule has 1 amide bonds. The molecule has 8 heteroatoms. The SMILES string of the molecule is COCCOc1ccc2c(c1)ncn2-c1ccc2cccc(C(=O)NN)c2n1. The van der Waals surface area contributed by atoms with E-state index >= 15 is 0 Å². The summed E-state index contributed by atoms with van der Waals surface area (Å²) in [6.07, 6.45) is 1.70. The highest BCUT2D eigenvalue weighted by Gasteiger charge is 2.12. The van der Waals surface area contributed by atoms with Gasteiger partial charge in [0.25, 0.3) is 5.91 Å².